The summed E-state index contributed by atoms with van der Waals surface area (Å²) in [4.78, 5) is 11.6. The van der Waals surface area contributed by atoms with Crippen molar-refractivity contribution in [1.29, 1.82) is 0 Å². The van der Waals surface area contributed by atoms with E-state index in [1.165, 1.54) is 0 Å². The fourth-order valence-corrected chi connectivity index (χ4v) is 2.14. The Morgan fingerprint density at radius 3 is 2.68 bits per heavy atom. The lowest BCUT2D eigenvalue weighted by Crippen LogP contribution is -1.99. The summed E-state index contributed by atoms with van der Waals surface area (Å²) >= 11 is 3.48. The Hall–Kier alpha value is -1.61. The molecule has 0 spiro atoms. The van der Waals surface area contributed by atoms with Crippen molar-refractivity contribution >= 4 is 21.7 Å². The third-order valence-electron chi connectivity index (χ3n) is 2.83. The number of halogens is 1. The molecular weight excluding hydrogens is 304 g/mol. The van der Waals surface area contributed by atoms with Crippen molar-refractivity contribution in [2.75, 3.05) is 0 Å². The fraction of sp³-hybridized carbons (Fsp3) is 0.188. The summed E-state index contributed by atoms with van der Waals surface area (Å²) in [6.45, 7) is 2.34. The molecule has 0 amide bonds. The zero-order valence-electron chi connectivity index (χ0n) is 10.7. The molecule has 0 atom stereocenters. The molecule has 0 unspecified atom stereocenters. The number of carbonyl (C=O) groups excluding carboxylic acids is 1. The highest BCUT2D eigenvalue weighted by Gasteiger charge is 2.05. The van der Waals surface area contributed by atoms with Crippen LogP contribution in [0, 0.1) is 0 Å². The Morgan fingerprint density at radius 2 is 1.95 bits per heavy atom. The Labute approximate surface area is 121 Å². The van der Waals surface area contributed by atoms with Crippen molar-refractivity contribution in [2.45, 2.75) is 20.0 Å². The summed E-state index contributed by atoms with van der Waals surface area (Å²) in [7, 11) is 0. The van der Waals surface area contributed by atoms with Gasteiger partial charge in [-0.2, -0.15) is 0 Å². The summed E-state index contributed by atoms with van der Waals surface area (Å²) in [5, 5.41) is 0. The lowest BCUT2D eigenvalue weighted by molar-refractivity contribution is 0.0987. The number of rotatable bonds is 5. The zero-order chi connectivity index (χ0) is 13.7. The highest BCUT2D eigenvalue weighted by Crippen LogP contribution is 2.20. The first-order valence-corrected chi connectivity index (χ1v) is 6.99. The summed E-state index contributed by atoms with van der Waals surface area (Å²) in [5.41, 5.74) is 1.78. The van der Waals surface area contributed by atoms with Gasteiger partial charge in [0.2, 0.25) is 0 Å². The number of Topliss-reactive ketones (excluding diaryl/α,β-unsaturated/α-hetero) is 1. The molecule has 0 aliphatic rings. The minimum atomic E-state index is 0.131. The smallest absolute Gasteiger partial charge is 0.162 e. The third-order valence-corrected chi connectivity index (χ3v) is 3.60. The van der Waals surface area contributed by atoms with E-state index in [-0.39, 0.29) is 5.78 Å². The summed E-state index contributed by atoms with van der Waals surface area (Å²) in [5.74, 6) is 0.849. The minimum absolute atomic E-state index is 0.131. The highest BCUT2D eigenvalue weighted by atomic mass is 79.9. The molecule has 0 saturated heterocycles. The SMILES string of the molecule is CCC(=O)c1cccc(OCc2ccccc2Br)c1. The molecular formula is C16H15BrO2. The van der Waals surface area contributed by atoms with Crippen LogP contribution in [0.3, 0.4) is 0 Å². The first-order chi connectivity index (χ1) is 9.20. The second kappa shape index (κ2) is 6.53. The van der Waals surface area contributed by atoms with Crippen molar-refractivity contribution in [1.82, 2.24) is 0 Å². The van der Waals surface area contributed by atoms with Crippen LogP contribution in [0.15, 0.2) is 53.0 Å². The van der Waals surface area contributed by atoms with Gasteiger partial charge >= 0.3 is 0 Å². The fourth-order valence-electron chi connectivity index (χ4n) is 1.74. The van der Waals surface area contributed by atoms with Gasteiger partial charge in [0.05, 0.1) is 0 Å². The van der Waals surface area contributed by atoms with Crippen LogP contribution >= 0.6 is 15.9 Å². The van der Waals surface area contributed by atoms with Gasteiger partial charge < -0.3 is 4.74 Å². The molecule has 0 aliphatic carbocycles. The predicted molar refractivity (Wildman–Crippen MR) is 79.5 cm³/mol. The number of benzene rings is 2. The van der Waals surface area contributed by atoms with Gasteiger partial charge in [-0.05, 0) is 18.2 Å². The van der Waals surface area contributed by atoms with E-state index < -0.39 is 0 Å². The minimum Gasteiger partial charge on any atom is -0.489 e. The zero-order valence-corrected chi connectivity index (χ0v) is 12.3. The average molecular weight is 319 g/mol. The number of carbonyl (C=O) groups is 1. The molecule has 0 N–H and O–H groups in total. The van der Waals surface area contributed by atoms with Crippen LogP contribution in [0.25, 0.3) is 0 Å². The molecule has 0 saturated carbocycles. The van der Waals surface area contributed by atoms with E-state index in [4.69, 9.17) is 4.74 Å². The molecule has 2 aromatic carbocycles. The van der Waals surface area contributed by atoms with Gasteiger partial charge in [-0.25, -0.2) is 0 Å². The maximum atomic E-state index is 11.6. The molecule has 2 rings (SSSR count). The van der Waals surface area contributed by atoms with Gasteiger partial charge in [-0.1, -0.05) is 53.2 Å². The van der Waals surface area contributed by atoms with Gasteiger partial charge in [-0.3, -0.25) is 4.79 Å². The molecule has 0 aromatic heterocycles. The Bertz CT molecular complexity index is 578. The predicted octanol–water partition coefficient (Wildman–Crippen LogP) is 4.62. The van der Waals surface area contributed by atoms with E-state index in [0.717, 1.165) is 15.8 Å². The molecule has 0 fully saturated rings. The third kappa shape index (κ3) is 3.67. The Kier molecular flexibility index (Phi) is 4.74. The Morgan fingerprint density at radius 1 is 1.16 bits per heavy atom. The second-order valence-electron chi connectivity index (χ2n) is 4.18. The highest BCUT2D eigenvalue weighted by molar-refractivity contribution is 9.10. The van der Waals surface area contributed by atoms with E-state index >= 15 is 0 Å². The first kappa shape index (κ1) is 13.8. The molecule has 19 heavy (non-hydrogen) atoms. The van der Waals surface area contributed by atoms with E-state index in [1.54, 1.807) is 6.07 Å². The van der Waals surface area contributed by atoms with Crippen LogP contribution in [0.2, 0.25) is 0 Å². The van der Waals surface area contributed by atoms with Gasteiger partial charge in [0, 0.05) is 22.0 Å². The van der Waals surface area contributed by atoms with E-state index in [0.29, 0.717) is 18.6 Å². The Balaban J connectivity index is 2.08. The molecule has 2 nitrogen and oxygen atoms in total. The molecule has 2 aromatic rings. The standard InChI is InChI=1S/C16H15BrO2/c1-2-16(18)12-7-5-8-14(10-12)19-11-13-6-3-4-9-15(13)17/h3-10H,2,11H2,1H3. The lowest BCUT2D eigenvalue weighted by Gasteiger charge is -2.08. The van der Waals surface area contributed by atoms with Crippen molar-refractivity contribution in [3.63, 3.8) is 0 Å². The topological polar surface area (TPSA) is 26.3 Å². The van der Waals surface area contributed by atoms with E-state index in [2.05, 4.69) is 15.9 Å². The van der Waals surface area contributed by atoms with Crippen molar-refractivity contribution in [3.05, 3.63) is 64.1 Å². The first-order valence-electron chi connectivity index (χ1n) is 6.20. The quantitative estimate of drug-likeness (QED) is 0.752. The molecule has 0 radical (unpaired) electrons. The van der Waals surface area contributed by atoms with Crippen LogP contribution in [0.4, 0.5) is 0 Å². The molecule has 0 heterocycles. The summed E-state index contributed by atoms with van der Waals surface area (Å²) < 4.78 is 6.75. The number of hydrogen-bond acceptors (Lipinski definition) is 2. The van der Waals surface area contributed by atoms with Gasteiger partial charge in [0.15, 0.2) is 5.78 Å². The van der Waals surface area contributed by atoms with Crippen LogP contribution in [-0.4, -0.2) is 5.78 Å². The average Bonchev–Trinajstić information content (AvgIpc) is 2.46. The maximum absolute atomic E-state index is 11.6. The van der Waals surface area contributed by atoms with Gasteiger partial charge in [-0.15, -0.1) is 0 Å². The van der Waals surface area contributed by atoms with Crippen LogP contribution < -0.4 is 4.74 Å². The largest absolute Gasteiger partial charge is 0.489 e. The van der Waals surface area contributed by atoms with Crippen LogP contribution in [0.1, 0.15) is 29.3 Å². The van der Waals surface area contributed by atoms with E-state index in [1.807, 2.05) is 49.4 Å². The van der Waals surface area contributed by atoms with Gasteiger partial charge in [0.25, 0.3) is 0 Å². The number of ketones is 1. The van der Waals surface area contributed by atoms with Crippen molar-refractivity contribution in [3.8, 4) is 5.75 Å². The molecule has 3 heteroatoms. The molecule has 0 bridgehead atoms. The number of ether oxygens (including phenoxy) is 1. The second-order valence-corrected chi connectivity index (χ2v) is 5.04. The normalized spacial score (nSPS) is 10.2. The van der Waals surface area contributed by atoms with Crippen molar-refractivity contribution < 1.29 is 9.53 Å². The monoisotopic (exact) mass is 318 g/mol. The molecule has 98 valence electrons. The van der Waals surface area contributed by atoms with Crippen molar-refractivity contribution in [2.24, 2.45) is 0 Å². The lowest BCUT2D eigenvalue weighted by atomic mass is 10.1. The molecule has 0 aliphatic heterocycles. The summed E-state index contributed by atoms with van der Waals surface area (Å²) in [6, 6.07) is 15.2. The van der Waals surface area contributed by atoms with Gasteiger partial charge in [0.1, 0.15) is 12.4 Å². The summed E-state index contributed by atoms with van der Waals surface area (Å²) in [6.07, 6.45) is 0.508. The van der Waals surface area contributed by atoms with E-state index in [9.17, 15) is 4.79 Å². The number of hydrogen-bond donors (Lipinski definition) is 0. The van der Waals surface area contributed by atoms with Crippen LogP contribution in [-0.2, 0) is 6.61 Å². The maximum Gasteiger partial charge on any atom is 0.162 e. The van der Waals surface area contributed by atoms with Crippen LogP contribution in [0.5, 0.6) is 5.75 Å².